The summed E-state index contributed by atoms with van der Waals surface area (Å²) in [6.07, 6.45) is 0. The molecule has 6 aromatic rings. The molecule has 1 aliphatic carbocycles. The third-order valence-electron chi connectivity index (χ3n) is 15.5. The molecule has 0 nitrogen and oxygen atoms in total. The van der Waals surface area contributed by atoms with Gasteiger partial charge in [0, 0.05) is 21.5 Å². The molecule has 4 aromatic heterocycles. The number of benzene rings is 2. The standard InChI is InChI=1S/C48H64S4Si4/c1-45(2,3)53(13,14)37-25-33-34-26-38(54(15,16)46(4,5)6)50-42(34)30-23-24-32-31(22-21-29(30)41(33)49-37)43-35(27-39(51-43)55(17,18)47(7,8)9)36-28-40(52-44(32)36)56(19,20)48(10,11)12/h25-28H,1-20H3. The molecule has 2 aromatic carbocycles. The molecule has 7 rings (SSSR count). The predicted molar refractivity (Wildman–Crippen MR) is 274 cm³/mol. The van der Waals surface area contributed by atoms with Crippen LogP contribution in [0.25, 0.3) is 40.3 Å². The van der Waals surface area contributed by atoms with Gasteiger partial charge in [-0.1, -0.05) is 159 Å². The van der Waals surface area contributed by atoms with Crippen LogP contribution in [0.3, 0.4) is 0 Å². The highest BCUT2D eigenvalue weighted by Gasteiger charge is 2.43. The zero-order chi connectivity index (χ0) is 41.7. The molecule has 0 amide bonds. The van der Waals surface area contributed by atoms with Crippen molar-refractivity contribution in [1.82, 2.24) is 0 Å². The summed E-state index contributed by atoms with van der Waals surface area (Å²) in [5.74, 6) is 15.8. The molecule has 0 atom stereocenters. The second kappa shape index (κ2) is 12.9. The Labute approximate surface area is 359 Å². The largest absolute Gasteiger partial charge is 0.144 e. The van der Waals surface area contributed by atoms with E-state index in [1.54, 1.807) is 18.0 Å². The lowest BCUT2D eigenvalue weighted by Gasteiger charge is -2.36. The van der Waals surface area contributed by atoms with E-state index in [9.17, 15) is 0 Å². The third kappa shape index (κ3) is 6.25. The fourth-order valence-corrected chi connectivity index (χ4v) is 24.7. The predicted octanol–water partition coefficient (Wildman–Crippen LogP) is 14.5. The van der Waals surface area contributed by atoms with E-state index in [0.717, 1.165) is 22.3 Å². The first-order valence-electron chi connectivity index (χ1n) is 20.4. The lowest BCUT2D eigenvalue weighted by atomic mass is 9.97. The van der Waals surface area contributed by atoms with Gasteiger partial charge < -0.3 is 0 Å². The molecule has 0 fully saturated rings. The van der Waals surface area contributed by atoms with E-state index >= 15 is 0 Å². The van der Waals surface area contributed by atoms with Gasteiger partial charge in [-0.3, -0.25) is 0 Å². The minimum absolute atomic E-state index is 0.245. The Balaban J connectivity index is 1.62. The van der Waals surface area contributed by atoms with Crippen LogP contribution in [0.4, 0.5) is 0 Å². The minimum atomic E-state index is -1.80. The summed E-state index contributed by atoms with van der Waals surface area (Å²) in [6.45, 7) is 49.8. The van der Waals surface area contributed by atoms with Gasteiger partial charge in [-0.25, -0.2) is 0 Å². The van der Waals surface area contributed by atoms with Gasteiger partial charge in [0.1, 0.15) is 0 Å². The molecule has 0 bridgehead atoms. The Morgan fingerprint density at radius 1 is 0.321 bits per heavy atom. The van der Waals surface area contributed by atoms with Gasteiger partial charge >= 0.3 is 0 Å². The van der Waals surface area contributed by atoms with Gasteiger partial charge in [-0.15, -0.1) is 45.3 Å². The van der Waals surface area contributed by atoms with Crippen LogP contribution < -0.4 is 18.0 Å². The molecule has 56 heavy (non-hydrogen) atoms. The van der Waals surface area contributed by atoms with Crippen LogP contribution in [0.5, 0.6) is 0 Å². The van der Waals surface area contributed by atoms with Crippen molar-refractivity contribution in [2.24, 2.45) is 0 Å². The normalized spacial score (nSPS) is 14.8. The number of thiophene rings is 4. The molecule has 0 spiro atoms. The molecule has 1 aliphatic rings. The summed E-state index contributed by atoms with van der Waals surface area (Å²) in [7, 11) is -7.22. The summed E-state index contributed by atoms with van der Waals surface area (Å²) in [4.78, 5) is 0. The Bertz CT molecular complexity index is 2370. The SMILES string of the molecule is CC(C)(C)[Si](C)(C)c1cc2c(s1)c1c(c3sc([Si](C)(C)C(C)(C)C)cc32)C#Cc2c(c3sc([Si](C)(C)C(C)(C)C)cc3c3cc([Si](C)(C)C(C)(C)C)sc23)C#C1. The van der Waals surface area contributed by atoms with Crippen LogP contribution in [-0.4, -0.2) is 32.3 Å². The van der Waals surface area contributed by atoms with E-state index in [0.29, 0.717) is 0 Å². The molecule has 0 saturated heterocycles. The maximum absolute atomic E-state index is 3.96. The van der Waals surface area contributed by atoms with Crippen molar-refractivity contribution in [3.8, 4) is 23.7 Å². The van der Waals surface area contributed by atoms with E-state index in [1.165, 1.54) is 40.3 Å². The summed E-state index contributed by atoms with van der Waals surface area (Å²) < 4.78 is 11.7. The van der Waals surface area contributed by atoms with Crippen molar-refractivity contribution in [2.45, 2.75) is 156 Å². The monoisotopic (exact) mass is 880 g/mol. The van der Waals surface area contributed by atoms with Crippen LogP contribution >= 0.6 is 45.3 Å². The molecule has 0 saturated carbocycles. The molecule has 4 heterocycles. The molecule has 0 radical (unpaired) electrons. The third-order valence-corrected chi connectivity index (χ3v) is 47.2. The fourth-order valence-electron chi connectivity index (χ4n) is 7.00. The Morgan fingerprint density at radius 2 is 0.482 bits per heavy atom. The number of hydrogen-bond donors (Lipinski definition) is 0. The first-order chi connectivity index (χ1) is 25.3. The number of fused-ring (bicyclic) bond motifs is 12. The first-order valence-corrected chi connectivity index (χ1v) is 35.7. The van der Waals surface area contributed by atoms with Crippen molar-refractivity contribution in [1.29, 1.82) is 0 Å². The van der Waals surface area contributed by atoms with E-state index in [-0.39, 0.29) is 20.2 Å². The van der Waals surface area contributed by atoms with Gasteiger partial charge in [0.25, 0.3) is 0 Å². The Morgan fingerprint density at radius 3 is 0.625 bits per heavy atom. The van der Waals surface area contributed by atoms with E-state index in [4.69, 9.17) is 0 Å². The van der Waals surface area contributed by atoms with Crippen LogP contribution in [0.15, 0.2) is 24.3 Å². The topological polar surface area (TPSA) is 0 Å². The maximum Gasteiger partial charge on any atom is 0.0987 e. The molecule has 296 valence electrons. The second-order valence-electron chi connectivity index (χ2n) is 22.9. The van der Waals surface area contributed by atoms with Crippen molar-refractivity contribution in [2.75, 3.05) is 0 Å². The van der Waals surface area contributed by atoms with Crippen molar-refractivity contribution < 1.29 is 0 Å². The minimum Gasteiger partial charge on any atom is -0.144 e. The fraction of sp³-hybridized carbons (Fsp3) is 0.500. The molecule has 8 heteroatoms. The van der Waals surface area contributed by atoms with Crippen LogP contribution in [-0.2, 0) is 0 Å². The van der Waals surface area contributed by atoms with Crippen LogP contribution in [0.2, 0.25) is 72.5 Å². The van der Waals surface area contributed by atoms with E-state index in [1.807, 2.05) is 45.3 Å². The Hall–Kier alpha value is -1.73. The lowest BCUT2D eigenvalue weighted by molar-refractivity contribution is 0.730. The average molecular weight is 882 g/mol. The number of hydrogen-bond acceptors (Lipinski definition) is 4. The summed E-state index contributed by atoms with van der Waals surface area (Å²) >= 11 is 8.11. The summed E-state index contributed by atoms with van der Waals surface area (Å²) in [5.41, 5.74) is 4.64. The van der Waals surface area contributed by atoms with E-state index < -0.39 is 32.3 Å². The van der Waals surface area contributed by atoms with E-state index in [2.05, 4.69) is 183 Å². The maximum atomic E-state index is 3.96. The summed E-state index contributed by atoms with van der Waals surface area (Å²) in [6, 6.07) is 10.4. The highest BCUT2D eigenvalue weighted by molar-refractivity contribution is 7.35. The first kappa shape index (κ1) is 42.4. The van der Waals surface area contributed by atoms with Crippen molar-refractivity contribution >= 4 is 136 Å². The molecule has 0 aliphatic heterocycles. The van der Waals surface area contributed by atoms with Gasteiger partial charge in [0.05, 0.1) is 73.3 Å². The van der Waals surface area contributed by atoms with Gasteiger partial charge in [-0.05, 0) is 62.4 Å². The van der Waals surface area contributed by atoms with Gasteiger partial charge in [0.2, 0.25) is 0 Å². The molecule has 0 unspecified atom stereocenters. The molecular formula is C48H64S4Si4. The average Bonchev–Trinajstić information content (AvgIpc) is 3.83. The smallest absolute Gasteiger partial charge is 0.0987 e. The Kier molecular flexibility index (Phi) is 9.76. The molecule has 0 N–H and O–H groups in total. The van der Waals surface area contributed by atoms with Crippen LogP contribution in [0.1, 0.15) is 105 Å². The number of rotatable bonds is 4. The van der Waals surface area contributed by atoms with Gasteiger partial charge in [0.15, 0.2) is 0 Å². The van der Waals surface area contributed by atoms with Crippen molar-refractivity contribution in [3.63, 3.8) is 0 Å². The highest BCUT2D eigenvalue weighted by atomic mass is 32.1. The van der Waals surface area contributed by atoms with Crippen molar-refractivity contribution in [3.05, 3.63) is 46.5 Å². The quantitative estimate of drug-likeness (QED) is 0.122. The van der Waals surface area contributed by atoms with Crippen LogP contribution in [0, 0.1) is 23.7 Å². The zero-order valence-corrected chi connectivity index (χ0v) is 45.2. The molecular weight excluding hydrogens is 817 g/mol. The highest BCUT2D eigenvalue weighted by Crippen LogP contribution is 2.47. The lowest BCUT2D eigenvalue weighted by Crippen LogP contribution is -2.47. The second-order valence-corrected chi connectivity index (χ2v) is 49.7. The zero-order valence-electron chi connectivity index (χ0n) is 37.9. The summed E-state index contributed by atoms with van der Waals surface area (Å²) in [5, 5.41) is 6.58. The van der Waals surface area contributed by atoms with Gasteiger partial charge in [-0.2, -0.15) is 0 Å².